The van der Waals surface area contributed by atoms with Crippen LogP contribution in [0.1, 0.15) is 27.9 Å². The molecule has 1 unspecified atom stereocenters. The standard InChI is InChI=1S/C25H30F4N4O4S/c1-30-38(36,37)20-4-5-23(33-7-6-17(14-33)16-34)21(13-20)24(35)32-10-8-31(9-11-32)15-18-2-3-19(12-22(18)26)25(27,28)29/h2-5,12-13,17,30,34H,6-11,14-16H2,1H3. The Labute approximate surface area is 218 Å². The lowest BCUT2D eigenvalue weighted by Gasteiger charge is -2.35. The minimum atomic E-state index is -4.62. The Kier molecular flexibility index (Phi) is 8.31. The van der Waals surface area contributed by atoms with Crippen molar-refractivity contribution in [2.24, 2.45) is 5.92 Å². The summed E-state index contributed by atoms with van der Waals surface area (Å²) in [6.07, 6.45) is -3.87. The molecule has 0 spiro atoms. The number of piperazine rings is 1. The van der Waals surface area contributed by atoms with Crippen LogP contribution in [0.3, 0.4) is 0 Å². The lowest BCUT2D eigenvalue weighted by molar-refractivity contribution is -0.137. The summed E-state index contributed by atoms with van der Waals surface area (Å²) in [4.78, 5) is 19.0. The smallest absolute Gasteiger partial charge is 0.396 e. The Morgan fingerprint density at radius 1 is 1.08 bits per heavy atom. The van der Waals surface area contributed by atoms with Crippen molar-refractivity contribution in [2.45, 2.75) is 24.0 Å². The number of aliphatic hydroxyl groups is 1. The zero-order valence-corrected chi connectivity index (χ0v) is 21.7. The largest absolute Gasteiger partial charge is 0.416 e. The molecule has 38 heavy (non-hydrogen) atoms. The van der Waals surface area contributed by atoms with Gasteiger partial charge < -0.3 is 14.9 Å². The highest BCUT2D eigenvalue weighted by molar-refractivity contribution is 7.89. The van der Waals surface area contributed by atoms with E-state index in [-0.39, 0.29) is 54.1 Å². The van der Waals surface area contributed by atoms with Crippen LogP contribution in [-0.2, 0) is 22.7 Å². The van der Waals surface area contributed by atoms with Crippen LogP contribution in [0.25, 0.3) is 0 Å². The number of anilines is 1. The minimum absolute atomic E-state index is 0.0213. The molecule has 2 aromatic rings. The minimum Gasteiger partial charge on any atom is -0.396 e. The predicted octanol–water partition coefficient (Wildman–Crippen LogP) is 2.53. The second-order valence-electron chi connectivity index (χ2n) is 9.54. The van der Waals surface area contributed by atoms with Crippen LogP contribution >= 0.6 is 0 Å². The summed E-state index contributed by atoms with van der Waals surface area (Å²) >= 11 is 0. The van der Waals surface area contributed by atoms with Gasteiger partial charge in [-0.25, -0.2) is 17.5 Å². The van der Waals surface area contributed by atoms with Crippen molar-refractivity contribution in [3.63, 3.8) is 0 Å². The molecule has 1 atom stereocenters. The maximum absolute atomic E-state index is 14.3. The van der Waals surface area contributed by atoms with Crippen molar-refractivity contribution in [2.75, 3.05) is 57.8 Å². The SMILES string of the molecule is CNS(=O)(=O)c1ccc(N2CCC(CO)C2)c(C(=O)N2CCN(Cc3ccc(C(F)(F)F)cc3F)CC2)c1. The lowest BCUT2D eigenvalue weighted by Crippen LogP contribution is -2.48. The van der Waals surface area contributed by atoms with Crippen LogP contribution in [0.5, 0.6) is 0 Å². The molecule has 2 saturated heterocycles. The number of nitrogens with one attached hydrogen (secondary N) is 1. The molecule has 4 rings (SSSR count). The Morgan fingerprint density at radius 3 is 2.37 bits per heavy atom. The fraction of sp³-hybridized carbons (Fsp3) is 0.480. The first-order valence-corrected chi connectivity index (χ1v) is 13.7. The maximum atomic E-state index is 14.3. The van der Waals surface area contributed by atoms with Gasteiger partial charge in [0.2, 0.25) is 10.0 Å². The molecule has 2 fully saturated rings. The van der Waals surface area contributed by atoms with Gasteiger partial charge in [-0.05, 0) is 43.8 Å². The quantitative estimate of drug-likeness (QED) is 0.508. The van der Waals surface area contributed by atoms with Gasteiger partial charge in [-0.1, -0.05) is 6.07 Å². The Morgan fingerprint density at radius 2 is 1.79 bits per heavy atom. The number of halogens is 4. The van der Waals surface area contributed by atoms with Gasteiger partial charge in [0.05, 0.1) is 16.0 Å². The number of sulfonamides is 1. The van der Waals surface area contributed by atoms with Gasteiger partial charge in [0.1, 0.15) is 5.82 Å². The number of carbonyl (C=O) groups is 1. The second kappa shape index (κ2) is 11.2. The summed E-state index contributed by atoms with van der Waals surface area (Å²) in [6.45, 7) is 2.58. The number of rotatable bonds is 7. The summed E-state index contributed by atoms with van der Waals surface area (Å²) in [7, 11) is -2.51. The molecule has 0 aromatic heterocycles. The molecule has 0 saturated carbocycles. The molecule has 2 aliphatic rings. The third-order valence-corrected chi connectivity index (χ3v) is 8.51. The van der Waals surface area contributed by atoms with E-state index in [4.69, 9.17) is 0 Å². The molecule has 2 N–H and O–H groups in total. The molecule has 0 radical (unpaired) electrons. The number of alkyl halides is 3. The summed E-state index contributed by atoms with van der Waals surface area (Å²) < 4.78 is 79.9. The number of amides is 1. The molecule has 2 aliphatic heterocycles. The predicted molar refractivity (Wildman–Crippen MR) is 133 cm³/mol. The maximum Gasteiger partial charge on any atom is 0.416 e. The molecule has 208 valence electrons. The van der Waals surface area contributed by atoms with E-state index in [0.29, 0.717) is 37.9 Å². The van der Waals surface area contributed by atoms with Gasteiger partial charge in [-0.3, -0.25) is 9.69 Å². The van der Waals surface area contributed by atoms with E-state index < -0.39 is 27.6 Å². The van der Waals surface area contributed by atoms with Crippen LogP contribution in [-0.4, -0.2) is 82.2 Å². The normalized spacial score (nSPS) is 19.3. The lowest BCUT2D eigenvalue weighted by atomic mass is 10.1. The molecule has 2 heterocycles. The summed E-state index contributed by atoms with van der Waals surface area (Å²) in [5.74, 6) is -1.22. The van der Waals surface area contributed by atoms with Crippen LogP contribution in [0, 0.1) is 11.7 Å². The average Bonchev–Trinajstić information content (AvgIpc) is 3.38. The van der Waals surface area contributed by atoms with Crippen LogP contribution < -0.4 is 9.62 Å². The molecular formula is C25H30F4N4O4S. The number of benzene rings is 2. The number of hydrogen-bond acceptors (Lipinski definition) is 6. The number of nitrogens with zero attached hydrogens (tertiary/aromatic N) is 3. The van der Waals surface area contributed by atoms with Gasteiger partial charge in [0, 0.05) is 69.6 Å². The van der Waals surface area contributed by atoms with E-state index >= 15 is 0 Å². The summed E-state index contributed by atoms with van der Waals surface area (Å²) in [6, 6.07) is 6.89. The van der Waals surface area contributed by atoms with E-state index in [9.17, 15) is 35.9 Å². The van der Waals surface area contributed by atoms with Crippen LogP contribution in [0.15, 0.2) is 41.3 Å². The highest BCUT2D eigenvalue weighted by Crippen LogP contribution is 2.32. The van der Waals surface area contributed by atoms with Gasteiger partial charge in [0.15, 0.2) is 0 Å². The summed E-state index contributed by atoms with van der Waals surface area (Å²) in [5.41, 5.74) is -0.0780. The van der Waals surface area contributed by atoms with Gasteiger partial charge >= 0.3 is 6.18 Å². The molecule has 0 bridgehead atoms. The zero-order chi connectivity index (χ0) is 27.7. The Bertz CT molecular complexity index is 1280. The second-order valence-corrected chi connectivity index (χ2v) is 11.4. The van der Waals surface area contributed by atoms with E-state index in [2.05, 4.69) is 4.72 Å². The first-order valence-electron chi connectivity index (χ1n) is 12.2. The number of hydrogen-bond donors (Lipinski definition) is 2. The van der Waals surface area contributed by atoms with Crippen molar-refractivity contribution in [1.82, 2.24) is 14.5 Å². The molecule has 2 aromatic carbocycles. The highest BCUT2D eigenvalue weighted by Gasteiger charge is 2.32. The van der Waals surface area contributed by atoms with Gasteiger partial charge in [-0.15, -0.1) is 0 Å². The Balaban J connectivity index is 1.49. The van der Waals surface area contributed by atoms with Crippen molar-refractivity contribution in [1.29, 1.82) is 0 Å². The highest BCUT2D eigenvalue weighted by atomic mass is 32.2. The first kappa shape index (κ1) is 28.3. The fourth-order valence-electron chi connectivity index (χ4n) is 4.82. The molecular weight excluding hydrogens is 528 g/mol. The van der Waals surface area contributed by atoms with Crippen LogP contribution in [0.4, 0.5) is 23.2 Å². The average molecular weight is 559 g/mol. The Hall–Kier alpha value is -2.74. The monoisotopic (exact) mass is 558 g/mol. The fourth-order valence-corrected chi connectivity index (χ4v) is 5.58. The van der Waals surface area contributed by atoms with E-state index in [0.717, 1.165) is 18.6 Å². The van der Waals surface area contributed by atoms with E-state index in [1.165, 1.54) is 19.2 Å². The van der Waals surface area contributed by atoms with Gasteiger partial charge in [-0.2, -0.15) is 13.2 Å². The molecule has 0 aliphatic carbocycles. The third-order valence-electron chi connectivity index (χ3n) is 7.10. The molecule has 8 nitrogen and oxygen atoms in total. The number of carbonyl (C=O) groups excluding carboxylic acids is 1. The van der Waals surface area contributed by atoms with Crippen molar-refractivity contribution in [3.8, 4) is 0 Å². The molecule has 1 amide bonds. The van der Waals surface area contributed by atoms with Gasteiger partial charge in [0.25, 0.3) is 5.91 Å². The molecule has 13 heteroatoms. The van der Waals surface area contributed by atoms with Crippen molar-refractivity contribution < 1.29 is 35.9 Å². The summed E-state index contributed by atoms with van der Waals surface area (Å²) in [5, 5.41) is 9.53. The van der Waals surface area contributed by atoms with Crippen molar-refractivity contribution in [3.05, 3.63) is 58.9 Å². The third kappa shape index (κ3) is 6.11. The first-order chi connectivity index (χ1) is 17.9. The number of aliphatic hydroxyl groups excluding tert-OH is 1. The van der Waals surface area contributed by atoms with E-state index in [1.54, 1.807) is 11.0 Å². The van der Waals surface area contributed by atoms with E-state index in [1.807, 2.05) is 9.80 Å². The van der Waals surface area contributed by atoms with Crippen LogP contribution in [0.2, 0.25) is 0 Å². The zero-order valence-electron chi connectivity index (χ0n) is 20.8. The van der Waals surface area contributed by atoms with Crippen molar-refractivity contribution >= 4 is 21.6 Å². The topological polar surface area (TPSA) is 93.2 Å².